The molecule has 4 nitrogen and oxygen atoms in total. The van der Waals surface area contributed by atoms with Crippen LogP contribution >= 0.6 is 0 Å². The van der Waals surface area contributed by atoms with Gasteiger partial charge in [0, 0.05) is 11.1 Å². The first-order chi connectivity index (χ1) is 11.2. The van der Waals surface area contributed by atoms with Crippen LogP contribution in [0, 0.1) is 0 Å². The van der Waals surface area contributed by atoms with Crippen molar-refractivity contribution in [3.63, 3.8) is 0 Å². The third-order valence-electron chi connectivity index (χ3n) is 4.31. The maximum atomic E-state index is 12.4. The van der Waals surface area contributed by atoms with E-state index >= 15 is 0 Å². The maximum absolute atomic E-state index is 12.4. The van der Waals surface area contributed by atoms with Gasteiger partial charge in [0.25, 0.3) is 5.91 Å². The molecular weight excluding hydrogens is 290 g/mol. The molecule has 1 amide bonds. The molecule has 4 heteroatoms. The summed E-state index contributed by atoms with van der Waals surface area (Å²) in [5.74, 6) is 0.658. The van der Waals surface area contributed by atoms with Crippen molar-refractivity contribution in [2.45, 2.75) is 19.3 Å². The summed E-state index contributed by atoms with van der Waals surface area (Å²) in [6.45, 7) is 0. The number of carbonyl (C=O) groups is 1. The molecule has 116 valence electrons. The minimum absolute atomic E-state index is 0.249. The fourth-order valence-corrected chi connectivity index (χ4v) is 3.15. The van der Waals surface area contributed by atoms with E-state index in [9.17, 15) is 4.79 Å². The lowest BCUT2D eigenvalue weighted by Gasteiger charge is -2.06. The van der Waals surface area contributed by atoms with Crippen molar-refractivity contribution in [2.24, 2.45) is 0 Å². The molecule has 23 heavy (non-hydrogen) atoms. The van der Waals surface area contributed by atoms with Crippen LogP contribution in [0.25, 0.3) is 11.0 Å². The van der Waals surface area contributed by atoms with Gasteiger partial charge in [-0.25, -0.2) is 0 Å². The second kappa shape index (κ2) is 5.47. The zero-order chi connectivity index (χ0) is 15.8. The molecule has 0 unspecified atom stereocenters. The number of para-hydroxylation sites is 1. The molecule has 3 aromatic rings. The van der Waals surface area contributed by atoms with Gasteiger partial charge in [0.1, 0.15) is 0 Å². The van der Waals surface area contributed by atoms with Gasteiger partial charge in [-0.05, 0) is 54.7 Å². The largest absolute Gasteiger partial charge is 0.493 e. The first kappa shape index (κ1) is 13.9. The second-order valence-corrected chi connectivity index (χ2v) is 5.78. The normalized spacial score (nSPS) is 13.1. The number of aryl methyl sites for hydroxylation is 2. The van der Waals surface area contributed by atoms with Crippen LogP contribution in [0.4, 0.5) is 5.69 Å². The molecule has 1 N–H and O–H groups in total. The maximum Gasteiger partial charge on any atom is 0.291 e. The van der Waals surface area contributed by atoms with Crippen LogP contribution in [0.3, 0.4) is 0 Å². The lowest BCUT2D eigenvalue weighted by molar-refractivity contribution is 0.0998. The summed E-state index contributed by atoms with van der Waals surface area (Å²) >= 11 is 0. The molecular formula is C19H17NO3. The lowest BCUT2D eigenvalue weighted by atomic mass is 10.1. The predicted octanol–water partition coefficient (Wildman–Crippen LogP) is 4.18. The third kappa shape index (κ3) is 2.46. The molecule has 0 atom stereocenters. The van der Waals surface area contributed by atoms with E-state index in [-0.39, 0.29) is 11.7 Å². The Hall–Kier alpha value is -2.75. The number of anilines is 1. The van der Waals surface area contributed by atoms with Crippen molar-refractivity contribution in [1.29, 1.82) is 0 Å². The van der Waals surface area contributed by atoms with Crippen molar-refractivity contribution in [3.8, 4) is 5.75 Å². The van der Waals surface area contributed by atoms with Crippen molar-refractivity contribution in [2.75, 3.05) is 12.4 Å². The van der Waals surface area contributed by atoms with E-state index in [2.05, 4.69) is 17.4 Å². The van der Waals surface area contributed by atoms with E-state index in [0.29, 0.717) is 11.3 Å². The van der Waals surface area contributed by atoms with Crippen LogP contribution in [0.1, 0.15) is 28.1 Å². The molecule has 0 aliphatic heterocycles. The van der Waals surface area contributed by atoms with E-state index in [1.54, 1.807) is 13.2 Å². The van der Waals surface area contributed by atoms with Crippen LogP contribution in [-0.2, 0) is 12.8 Å². The first-order valence-corrected chi connectivity index (χ1v) is 7.74. The molecule has 0 fully saturated rings. The van der Waals surface area contributed by atoms with Gasteiger partial charge < -0.3 is 14.5 Å². The van der Waals surface area contributed by atoms with Gasteiger partial charge in [0.15, 0.2) is 17.1 Å². The molecule has 0 spiro atoms. The zero-order valence-electron chi connectivity index (χ0n) is 12.9. The standard InChI is InChI=1S/C19H17NO3/c1-22-16-7-3-6-14-11-17(23-18(14)16)19(21)20-15-9-8-12-4-2-5-13(12)10-15/h3,6-11H,2,4-5H2,1H3,(H,20,21). The average molecular weight is 307 g/mol. The number of rotatable bonds is 3. The number of methoxy groups -OCH3 is 1. The van der Waals surface area contributed by atoms with Crippen molar-refractivity contribution >= 4 is 22.6 Å². The van der Waals surface area contributed by atoms with E-state index < -0.39 is 0 Å². The fourth-order valence-electron chi connectivity index (χ4n) is 3.15. The highest BCUT2D eigenvalue weighted by molar-refractivity contribution is 6.05. The summed E-state index contributed by atoms with van der Waals surface area (Å²) in [5, 5.41) is 3.76. The minimum Gasteiger partial charge on any atom is -0.493 e. The number of benzene rings is 2. The first-order valence-electron chi connectivity index (χ1n) is 7.74. The number of ether oxygens (including phenoxy) is 1. The summed E-state index contributed by atoms with van der Waals surface area (Å²) < 4.78 is 10.9. The Morgan fingerprint density at radius 2 is 2.00 bits per heavy atom. The van der Waals surface area contributed by atoms with Gasteiger partial charge in [0.2, 0.25) is 0 Å². The molecule has 0 radical (unpaired) electrons. The molecule has 2 aromatic carbocycles. The third-order valence-corrected chi connectivity index (χ3v) is 4.31. The van der Waals surface area contributed by atoms with Gasteiger partial charge in [0.05, 0.1) is 7.11 Å². The number of hydrogen-bond donors (Lipinski definition) is 1. The van der Waals surface area contributed by atoms with Gasteiger partial charge in [-0.3, -0.25) is 4.79 Å². The number of hydrogen-bond acceptors (Lipinski definition) is 3. The van der Waals surface area contributed by atoms with Crippen LogP contribution in [-0.4, -0.2) is 13.0 Å². The highest BCUT2D eigenvalue weighted by Gasteiger charge is 2.16. The van der Waals surface area contributed by atoms with Gasteiger partial charge in [-0.2, -0.15) is 0 Å². The predicted molar refractivity (Wildman–Crippen MR) is 89.2 cm³/mol. The van der Waals surface area contributed by atoms with Crippen molar-refractivity contribution < 1.29 is 13.9 Å². The summed E-state index contributed by atoms with van der Waals surface area (Å²) in [4.78, 5) is 12.4. The number of fused-ring (bicyclic) bond motifs is 2. The Balaban J connectivity index is 1.62. The summed E-state index contributed by atoms with van der Waals surface area (Å²) in [7, 11) is 1.58. The summed E-state index contributed by atoms with van der Waals surface area (Å²) in [5.41, 5.74) is 4.11. The number of nitrogens with one attached hydrogen (secondary N) is 1. The molecule has 0 saturated heterocycles. The monoisotopic (exact) mass is 307 g/mol. The van der Waals surface area contributed by atoms with E-state index in [0.717, 1.165) is 23.9 Å². The number of carbonyl (C=O) groups excluding carboxylic acids is 1. The topological polar surface area (TPSA) is 51.5 Å². The van der Waals surface area contributed by atoms with E-state index in [1.165, 1.54) is 17.5 Å². The molecule has 1 aliphatic carbocycles. The highest BCUT2D eigenvalue weighted by Crippen LogP contribution is 2.29. The van der Waals surface area contributed by atoms with E-state index in [4.69, 9.17) is 9.15 Å². The molecule has 0 bridgehead atoms. The van der Waals surface area contributed by atoms with Crippen LogP contribution < -0.4 is 10.1 Å². The van der Waals surface area contributed by atoms with Crippen LogP contribution in [0.2, 0.25) is 0 Å². The Morgan fingerprint density at radius 3 is 2.87 bits per heavy atom. The Morgan fingerprint density at radius 1 is 1.13 bits per heavy atom. The van der Waals surface area contributed by atoms with E-state index in [1.807, 2.05) is 24.3 Å². The highest BCUT2D eigenvalue weighted by atomic mass is 16.5. The quantitative estimate of drug-likeness (QED) is 0.789. The van der Waals surface area contributed by atoms with Gasteiger partial charge in [-0.15, -0.1) is 0 Å². The summed E-state index contributed by atoms with van der Waals surface area (Å²) in [6, 6.07) is 13.4. The Kier molecular flexibility index (Phi) is 3.30. The lowest BCUT2D eigenvalue weighted by Crippen LogP contribution is -2.11. The van der Waals surface area contributed by atoms with Crippen molar-refractivity contribution in [1.82, 2.24) is 0 Å². The van der Waals surface area contributed by atoms with Gasteiger partial charge in [-0.1, -0.05) is 18.2 Å². The Bertz CT molecular complexity index is 895. The zero-order valence-corrected chi connectivity index (χ0v) is 12.9. The molecule has 1 aliphatic rings. The average Bonchev–Trinajstić information content (AvgIpc) is 3.20. The molecule has 1 aromatic heterocycles. The second-order valence-electron chi connectivity index (χ2n) is 5.78. The smallest absolute Gasteiger partial charge is 0.291 e. The van der Waals surface area contributed by atoms with Gasteiger partial charge >= 0.3 is 0 Å². The molecule has 1 heterocycles. The SMILES string of the molecule is COc1cccc2cc(C(=O)Nc3ccc4c(c3)CCC4)oc12. The number of amides is 1. The summed E-state index contributed by atoms with van der Waals surface area (Å²) in [6.07, 6.45) is 3.41. The number of furan rings is 1. The molecule has 4 rings (SSSR count). The fraction of sp³-hybridized carbons (Fsp3) is 0.211. The Labute approximate surface area is 134 Å². The van der Waals surface area contributed by atoms with Crippen LogP contribution in [0.15, 0.2) is 46.9 Å². The minimum atomic E-state index is -0.249. The van der Waals surface area contributed by atoms with Crippen molar-refractivity contribution in [3.05, 3.63) is 59.4 Å². The van der Waals surface area contributed by atoms with Crippen LogP contribution in [0.5, 0.6) is 5.75 Å². The molecule has 0 saturated carbocycles.